The van der Waals surface area contributed by atoms with Crippen LogP contribution >= 0.6 is 11.6 Å². The Morgan fingerprint density at radius 1 is 1.08 bits per heavy atom. The van der Waals surface area contributed by atoms with E-state index in [0.717, 1.165) is 5.69 Å². The van der Waals surface area contributed by atoms with Crippen LogP contribution in [0.1, 0.15) is 6.92 Å². The predicted molar refractivity (Wildman–Crippen MR) is 93.7 cm³/mol. The molecule has 7 heteroatoms. The highest BCUT2D eigenvalue weighted by Gasteiger charge is 2.14. The number of anilines is 1. The van der Waals surface area contributed by atoms with Crippen molar-refractivity contribution >= 4 is 29.2 Å². The molecular formula is C17H18ClN3O3. The average molecular weight is 348 g/mol. The van der Waals surface area contributed by atoms with Gasteiger partial charge in [-0.25, -0.2) is 4.79 Å². The minimum Gasteiger partial charge on any atom is -0.456 e. The Morgan fingerprint density at radius 2 is 1.75 bits per heavy atom. The van der Waals surface area contributed by atoms with Crippen molar-refractivity contribution in [3.05, 3.63) is 53.6 Å². The van der Waals surface area contributed by atoms with E-state index >= 15 is 0 Å². The molecule has 3 amide bonds. The second-order valence-corrected chi connectivity index (χ2v) is 5.40. The van der Waals surface area contributed by atoms with Crippen molar-refractivity contribution in [1.29, 1.82) is 0 Å². The van der Waals surface area contributed by atoms with Gasteiger partial charge in [-0.1, -0.05) is 23.7 Å². The van der Waals surface area contributed by atoms with Crippen molar-refractivity contribution in [2.45, 2.75) is 13.0 Å². The molecular weight excluding hydrogens is 330 g/mol. The van der Waals surface area contributed by atoms with E-state index in [1.165, 1.54) is 7.05 Å². The zero-order chi connectivity index (χ0) is 17.5. The summed E-state index contributed by atoms with van der Waals surface area (Å²) in [5.41, 5.74) is 0.723. The fourth-order valence-corrected chi connectivity index (χ4v) is 2.05. The molecule has 0 saturated carbocycles. The number of ether oxygens (including phenoxy) is 1. The minimum atomic E-state index is -0.572. The molecule has 0 aromatic heterocycles. The molecule has 2 aromatic carbocycles. The van der Waals surface area contributed by atoms with Crippen LogP contribution in [0.15, 0.2) is 48.5 Å². The molecule has 0 spiro atoms. The Labute approximate surface area is 145 Å². The topological polar surface area (TPSA) is 79.5 Å². The van der Waals surface area contributed by atoms with Gasteiger partial charge >= 0.3 is 6.03 Å². The first kappa shape index (κ1) is 17.6. The number of halogens is 1. The van der Waals surface area contributed by atoms with Crippen molar-refractivity contribution in [1.82, 2.24) is 10.6 Å². The molecule has 6 nitrogen and oxygen atoms in total. The number of carbonyl (C=O) groups excluding carboxylic acids is 2. The summed E-state index contributed by atoms with van der Waals surface area (Å²) in [7, 11) is 1.44. The highest BCUT2D eigenvalue weighted by atomic mass is 35.5. The number of imide groups is 1. The van der Waals surface area contributed by atoms with Crippen LogP contribution < -0.4 is 20.7 Å². The van der Waals surface area contributed by atoms with Crippen molar-refractivity contribution in [3.63, 3.8) is 0 Å². The maximum atomic E-state index is 11.8. The smallest absolute Gasteiger partial charge is 0.321 e. The molecule has 3 N–H and O–H groups in total. The Bertz CT molecular complexity index is 719. The summed E-state index contributed by atoms with van der Waals surface area (Å²) in [6.45, 7) is 1.66. The zero-order valence-electron chi connectivity index (χ0n) is 13.3. The lowest BCUT2D eigenvalue weighted by atomic mass is 10.2. The molecule has 2 aromatic rings. The first-order valence-corrected chi connectivity index (χ1v) is 7.69. The Hall–Kier alpha value is -2.73. The number of rotatable bonds is 5. The summed E-state index contributed by atoms with van der Waals surface area (Å²) in [6, 6.07) is 13.1. The largest absolute Gasteiger partial charge is 0.456 e. The third-order valence-electron chi connectivity index (χ3n) is 3.16. The van der Waals surface area contributed by atoms with Gasteiger partial charge < -0.3 is 15.4 Å². The first-order valence-electron chi connectivity index (χ1n) is 7.31. The molecule has 0 heterocycles. The average Bonchev–Trinajstić information content (AvgIpc) is 2.58. The van der Waals surface area contributed by atoms with E-state index in [2.05, 4.69) is 16.0 Å². The van der Waals surface area contributed by atoms with Gasteiger partial charge in [0.05, 0.1) is 5.02 Å². The zero-order valence-corrected chi connectivity index (χ0v) is 14.1. The third-order valence-corrected chi connectivity index (χ3v) is 3.47. The summed E-state index contributed by atoms with van der Waals surface area (Å²) in [5.74, 6) is 0.764. The lowest BCUT2D eigenvalue weighted by Gasteiger charge is -2.15. The molecule has 2 rings (SSSR count). The van der Waals surface area contributed by atoms with Crippen LogP contribution in [0, 0.1) is 0 Å². The van der Waals surface area contributed by atoms with Crippen molar-refractivity contribution in [2.24, 2.45) is 0 Å². The van der Waals surface area contributed by atoms with E-state index in [1.54, 1.807) is 43.3 Å². The Morgan fingerprint density at radius 3 is 2.38 bits per heavy atom. The molecule has 0 fully saturated rings. The van der Waals surface area contributed by atoms with Gasteiger partial charge in [-0.3, -0.25) is 10.1 Å². The standard InChI is InChI=1S/C17H18ClN3O3/c1-11(16(22)21-17(23)19-2)20-12-7-9-13(10-8-12)24-15-6-4-3-5-14(15)18/h3-11,20H,1-2H3,(H2,19,21,22,23). The molecule has 0 aliphatic rings. The normalized spacial score (nSPS) is 11.3. The molecule has 0 aliphatic heterocycles. The number of benzene rings is 2. The highest BCUT2D eigenvalue weighted by Crippen LogP contribution is 2.29. The molecule has 0 saturated heterocycles. The SMILES string of the molecule is CNC(=O)NC(=O)C(C)Nc1ccc(Oc2ccccc2Cl)cc1. The number of amides is 3. The van der Waals surface area contributed by atoms with Gasteiger partial charge in [0.1, 0.15) is 17.5 Å². The van der Waals surface area contributed by atoms with Crippen molar-refractivity contribution in [3.8, 4) is 11.5 Å². The summed E-state index contributed by atoms with van der Waals surface area (Å²) < 4.78 is 5.69. The Balaban J connectivity index is 1.95. The van der Waals surface area contributed by atoms with E-state index in [1.807, 2.05) is 12.1 Å². The summed E-state index contributed by atoms with van der Waals surface area (Å²) in [6.07, 6.45) is 0. The summed E-state index contributed by atoms with van der Waals surface area (Å²) in [4.78, 5) is 22.9. The second-order valence-electron chi connectivity index (χ2n) is 4.99. The van der Waals surface area contributed by atoms with Gasteiger partial charge in [-0.05, 0) is 43.3 Å². The maximum Gasteiger partial charge on any atom is 0.321 e. The molecule has 0 aliphatic carbocycles. The highest BCUT2D eigenvalue weighted by molar-refractivity contribution is 6.32. The molecule has 1 unspecified atom stereocenters. The van der Waals surface area contributed by atoms with Crippen LogP contribution in [0.4, 0.5) is 10.5 Å². The summed E-state index contributed by atoms with van der Waals surface area (Å²) in [5, 5.41) is 8.06. The predicted octanol–water partition coefficient (Wildman–Crippen LogP) is 3.39. The van der Waals surface area contributed by atoms with Crippen molar-refractivity contribution in [2.75, 3.05) is 12.4 Å². The summed E-state index contributed by atoms with van der Waals surface area (Å²) >= 11 is 6.05. The second kappa shape index (κ2) is 8.21. The van der Waals surface area contributed by atoms with E-state index in [9.17, 15) is 9.59 Å². The van der Waals surface area contributed by atoms with Crippen LogP contribution in [0.2, 0.25) is 5.02 Å². The van der Waals surface area contributed by atoms with Crippen LogP contribution in [0.5, 0.6) is 11.5 Å². The molecule has 0 radical (unpaired) electrons. The number of carbonyl (C=O) groups is 2. The number of para-hydroxylation sites is 1. The van der Waals surface area contributed by atoms with E-state index < -0.39 is 18.0 Å². The number of urea groups is 1. The number of nitrogens with one attached hydrogen (secondary N) is 3. The van der Waals surface area contributed by atoms with Gasteiger partial charge in [-0.2, -0.15) is 0 Å². The van der Waals surface area contributed by atoms with E-state index in [4.69, 9.17) is 16.3 Å². The molecule has 1 atom stereocenters. The van der Waals surface area contributed by atoms with Crippen LogP contribution in [0.3, 0.4) is 0 Å². The molecule has 126 valence electrons. The van der Waals surface area contributed by atoms with Gasteiger partial charge in [0, 0.05) is 12.7 Å². The third kappa shape index (κ3) is 4.89. The van der Waals surface area contributed by atoms with Gasteiger partial charge in [0.25, 0.3) is 0 Å². The van der Waals surface area contributed by atoms with Gasteiger partial charge in [-0.15, -0.1) is 0 Å². The fourth-order valence-electron chi connectivity index (χ4n) is 1.87. The number of hydrogen-bond donors (Lipinski definition) is 3. The Kier molecular flexibility index (Phi) is 6.03. The van der Waals surface area contributed by atoms with E-state index in [-0.39, 0.29) is 0 Å². The molecule has 24 heavy (non-hydrogen) atoms. The van der Waals surface area contributed by atoms with Crippen LogP contribution in [-0.4, -0.2) is 25.0 Å². The lowest BCUT2D eigenvalue weighted by Crippen LogP contribution is -2.44. The number of hydrogen-bond acceptors (Lipinski definition) is 4. The van der Waals surface area contributed by atoms with E-state index in [0.29, 0.717) is 16.5 Å². The quantitative estimate of drug-likeness (QED) is 0.774. The fraction of sp³-hybridized carbons (Fsp3) is 0.176. The monoisotopic (exact) mass is 347 g/mol. The minimum absolute atomic E-state index is 0.425. The van der Waals surface area contributed by atoms with Gasteiger partial charge in [0.2, 0.25) is 5.91 Å². The molecule has 0 bridgehead atoms. The van der Waals surface area contributed by atoms with Crippen molar-refractivity contribution < 1.29 is 14.3 Å². The van der Waals surface area contributed by atoms with Crippen LogP contribution in [-0.2, 0) is 4.79 Å². The van der Waals surface area contributed by atoms with Gasteiger partial charge in [0.15, 0.2) is 0 Å². The first-order chi connectivity index (χ1) is 11.5. The lowest BCUT2D eigenvalue weighted by molar-refractivity contribution is -0.120. The maximum absolute atomic E-state index is 11.8. The van der Waals surface area contributed by atoms with Crippen LogP contribution in [0.25, 0.3) is 0 Å².